The largest absolute Gasteiger partial charge is 0.444 e. The molecule has 3 rings (SSSR count). The minimum Gasteiger partial charge on any atom is -0.444 e. The number of halogens is 1. The fourth-order valence-electron chi connectivity index (χ4n) is 3.02. The van der Waals surface area contributed by atoms with Crippen molar-refractivity contribution in [3.63, 3.8) is 0 Å². The number of nitrogens with zero attached hydrogens (tertiary/aromatic N) is 2. The van der Waals surface area contributed by atoms with E-state index >= 15 is 0 Å². The molecule has 2 aliphatic rings. The predicted molar refractivity (Wildman–Crippen MR) is 91.0 cm³/mol. The third kappa shape index (κ3) is 3.58. The van der Waals surface area contributed by atoms with Crippen LogP contribution in [-0.4, -0.2) is 46.9 Å². The second kappa shape index (κ2) is 6.24. The first kappa shape index (κ1) is 16.5. The van der Waals surface area contributed by atoms with Gasteiger partial charge in [-0.2, -0.15) is 0 Å². The first-order valence-corrected chi connectivity index (χ1v) is 8.55. The number of aromatic nitrogens is 1. The summed E-state index contributed by atoms with van der Waals surface area (Å²) in [5, 5.41) is 0. The summed E-state index contributed by atoms with van der Waals surface area (Å²) in [5.41, 5.74) is 1.78. The molecule has 0 spiro atoms. The molecule has 3 heterocycles. The molecule has 1 aromatic rings. The van der Waals surface area contributed by atoms with Crippen LogP contribution in [0.4, 0.5) is 4.79 Å². The third-order valence-electron chi connectivity index (χ3n) is 3.91. The molecule has 0 aromatic carbocycles. The molecule has 23 heavy (non-hydrogen) atoms. The van der Waals surface area contributed by atoms with Crippen molar-refractivity contribution in [2.24, 2.45) is 0 Å². The van der Waals surface area contributed by atoms with Crippen LogP contribution in [0.15, 0.2) is 29.0 Å². The topological polar surface area (TPSA) is 51.7 Å². The van der Waals surface area contributed by atoms with Crippen molar-refractivity contribution in [1.29, 1.82) is 0 Å². The van der Waals surface area contributed by atoms with Crippen LogP contribution < -0.4 is 0 Å². The van der Waals surface area contributed by atoms with E-state index in [1.54, 1.807) is 6.20 Å². The second-order valence-electron chi connectivity index (χ2n) is 6.88. The van der Waals surface area contributed by atoms with Crippen molar-refractivity contribution >= 4 is 27.6 Å². The van der Waals surface area contributed by atoms with Gasteiger partial charge in [-0.1, -0.05) is 12.1 Å². The molecule has 0 saturated carbocycles. The molecule has 5 nitrogen and oxygen atoms in total. The lowest BCUT2D eigenvalue weighted by Gasteiger charge is -2.44. The van der Waals surface area contributed by atoms with Gasteiger partial charge in [0.2, 0.25) is 0 Å². The summed E-state index contributed by atoms with van der Waals surface area (Å²) >= 11 is 3.51. The van der Waals surface area contributed by atoms with Crippen LogP contribution in [0.3, 0.4) is 0 Å². The lowest BCUT2D eigenvalue weighted by Crippen LogP contribution is -2.57. The summed E-state index contributed by atoms with van der Waals surface area (Å²) in [6.07, 6.45) is 4.33. The molecule has 0 radical (unpaired) electrons. The number of carbonyl (C=O) groups is 1. The summed E-state index contributed by atoms with van der Waals surface area (Å²) in [7, 11) is 0. The second-order valence-corrected chi connectivity index (χ2v) is 7.64. The summed E-state index contributed by atoms with van der Waals surface area (Å²) in [4.78, 5) is 18.6. The van der Waals surface area contributed by atoms with Crippen LogP contribution in [0, 0.1) is 0 Å². The SMILES string of the molecule is CC(C)(C)OC(=O)N1C2C=C(c3cccnc3Br)CC1COC2. The highest BCUT2D eigenvalue weighted by Gasteiger charge is 2.40. The van der Waals surface area contributed by atoms with E-state index < -0.39 is 5.60 Å². The van der Waals surface area contributed by atoms with E-state index in [2.05, 4.69) is 27.0 Å². The molecule has 1 amide bonds. The quantitative estimate of drug-likeness (QED) is 0.697. The van der Waals surface area contributed by atoms with Crippen LogP contribution in [-0.2, 0) is 9.47 Å². The molecule has 0 aliphatic carbocycles. The Kier molecular flexibility index (Phi) is 4.47. The molecule has 1 aromatic heterocycles. The molecule has 124 valence electrons. The summed E-state index contributed by atoms with van der Waals surface area (Å²) in [5.74, 6) is 0. The van der Waals surface area contributed by atoms with Crippen LogP contribution >= 0.6 is 15.9 Å². The van der Waals surface area contributed by atoms with Gasteiger partial charge >= 0.3 is 6.09 Å². The fourth-order valence-corrected chi connectivity index (χ4v) is 3.53. The van der Waals surface area contributed by atoms with Gasteiger partial charge in [-0.25, -0.2) is 9.78 Å². The minimum absolute atomic E-state index is 0.00398. The third-order valence-corrected chi connectivity index (χ3v) is 4.54. The Morgan fingerprint density at radius 2 is 2.22 bits per heavy atom. The van der Waals surface area contributed by atoms with E-state index in [0.717, 1.165) is 16.6 Å². The van der Waals surface area contributed by atoms with Gasteiger partial charge in [0.05, 0.1) is 25.3 Å². The Bertz CT molecular complexity index is 639. The number of hydrogen-bond donors (Lipinski definition) is 0. The highest BCUT2D eigenvalue weighted by molar-refractivity contribution is 9.10. The fraction of sp³-hybridized carbons (Fsp3) is 0.529. The van der Waals surface area contributed by atoms with Crippen LogP contribution in [0.25, 0.3) is 5.57 Å². The van der Waals surface area contributed by atoms with Gasteiger partial charge in [0.25, 0.3) is 0 Å². The number of hydrogen-bond acceptors (Lipinski definition) is 4. The zero-order valence-electron chi connectivity index (χ0n) is 13.6. The number of ether oxygens (including phenoxy) is 2. The van der Waals surface area contributed by atoms with Crippen molar-refractivity contribution in [2.75, 3.05) is 13.2 Å². The maximum Gasteiger partial charge on any atom is 0.411 e. The lowest BCUT2D eigenvalue weighted by atomic mass is 9.91. The van der Waals surface area contributed by atoms with E-state index in [4.69, 9.17) is 9.47 Å². The normalized spacial score (nSPS) is 24.2. The Morgan fingerprint density at radius 1 is 1.43 bits per heavy atom. The molecule has 2 atom stereocenters. The van der Waals surface area contributed by atoms with E-state index in [9.17, 15) is 4.79 Å². The Labute approximate surface area is 144 Å². The summed E-state index contributed by atoms with van der Waals surface area (Å²) in [6.45, 7) is 6.68. The van der Waals surface area contributed by atoms with Crippen LogP contribution in [0.1, 0.15) is 32.8 Å². The summed E-state index contributed by atoms with van der Waals surface area (Å²) in [6, 6.07) is 3.87. The number of carbonyl (C=O) groups excluding carboxylic acids is 1. The van der Waals surface area contributed by atoms with Gasteiger partial charge in [-0.05, 0) is 54.8 Å². The maximum atomic E-state index is 12.5. The minimum atomic E-state index is -0.497. The average Bonchev–Trinajstić information content (AvgIpc) is 2.44. The van der Waals surface area contributed by atoms with Crippen molar-refractivity contribution < 1.29 is 14.3 Å². The van der Waals surface area contributed by atoms with Gasteiger partial charge in [-0.3, -0.25) is 4.90 Å². The smallest absolute Gasteiger partial charge is 0.411 e. The van der Waals surface area contributed by atoms with Gasteiger partial charge < -0.3 is 9.47 Å². The van der Waals surface area contributed by atoms with E-state index in [0.29, 0.717) is 13.2 Å². The van der Waals surface area contributed by atoms with Crippen LogP contribution in [0.2, 0.25) is 0 Å². The Hall–Kier alpha value is -1.40. The van der Waals surface area contributed by atoms with Crippen molar-refractivity contribution in [3.8, 4) is 0 Å². The number of rotatable bonds is 1. The number of morpholine rings is 1. The maximum absolute atomic E-state index is 12.5. The molecule has 1 saturated heterocycles. The first-order valence-electron chi connectivity index (χ1n) is 7.76. The highest BCUT2D eigenvalue weighted by atomic mass is 79.9. The molecule has 6 heteroatoms. The van der Waals surface area contributed by atoms with Crippen LogP contribution in [0.5, 0.6) is 0 Å². The number of fused-ring (bicyclic) bond motifs is 2. The van der Waals surface area contributed by atoms with Gasteiger partial charge in [0.15, 0.2) is 0 Å². The zero-order valence-corrected chi connectivity index (χ0v) is 15.2. The van der Waals surface area contributed by atoms with Crippen molar-refractivity contribution in [1.82, 2.24) is 9.88 Å². The number of pyridine rings is 1. The standard InChI is InChI=1S/C17H21BrN2O3/c1-17(2,3)23-16(21)20-12-7-11(8-13(20)10-22-9-12)14-5-4-6-19-15(14)18/h4-7,12-13H,8-10H2,1-3H3. The number of amides is 1. The first-order chi connectivity index (χ1) is 10.8. The lowest BCUT2D eigenvalue weighted by molar-refractivity contribution is -0.0510. The molecule has 2 bridgehead atoms. The van der Waals surface area contributed by atoms with E-state index in [1.807, 2.05) is 37.8 Å². The van der Waals surface area contributed by atoms with Gasteiger partial charge in [0, 0.05) is 11.8 Å². The van der Waals surface area contributed by atoms with E-state index in [-0.39, 0.29) is 18.2 Å². The molecule has 0 N–H and O–H groups in total. The van der Waals surface area contributed by atoms with Crippen molar-refractivity contribution in [3.05, 3.63) is 34.6 Å². The summed E-state index contributed by atoms with van der Waals surface area (Å²) < 4.78 is 12.0. The predicted octanol–water partition coefficient (Wildman–Crippen LogP) is 3.64. The van der Waals surface area contributed by atoms with E-state index in [1.165, 1.54) is 5.57 Å². The zero-order chi connectivity index (χ0) is 16.6. The molecular formula is C17H21BrN2O3. The monoisotopic (exact) mass is 380 g/mol. The van der Waals surface area contributed by atoms with Gasteiger partial charge in [0.1, 0.15) is 10.2 Å². The molecule has 2 aliphatic heterocycles. The van der Waals surface area contributed by atoms with Gasteiger partial charge in [-0.15, -0.1) is 0 Å². The highest BCUT2D eigenvalue weighted by Crippen LogP contribution is 2.35. The Morgan fingerprint density at radius 3 is 2.87 bits per heavy atom. The molecular weight excluding hydrogens is 360 g/mol. The van der Waals surface area contributed by atoms with Crippen molar-refractivity contribution in [2.45, 2.75) is 44.9 Å². The molecule has 1 fully saturated rings. The Balaban J connectivity index is 1.88. The molecule has 2 unspecified atom stereocenters. The average molecular weight is 381 g/mol.